The van der Waals surface area contributed by atoms with Crippen LogP contribution in [-0.4, -0.2) is 41.8 Å². The van der Waals surface area contributed by atoms with Crippen LogP contribution < -0.4 is 10.6 Å². The molecule has 130 valence electrons. The molecular formula is C18H19N3O4. The Labute approximate surface area is 145 Å². The van der Waals surface area contributed by atoms with Gasteiger partial charge in [-0.15, -0.1) is 0 Å². The summed E-state index contributed by atoms with van der Waals surface area (Å²) in [4.78, 5) is 38.5. The van der Waals surface area contributed by atoms with E-state index in [-0.39, 0.29) is 24.0 Å². The minimum absolute atomic E-state index is 0.118. The summed E-state index contributed by atoms with van der Waals surface area (Å²) in [5.74, 6) is -0.910. The first-order valence-electron chi connectivity index (χ1n) is 8.04. The van der Waals surface area contributed by atoms with Crippen LogP contribution in [0, 0.1) is 6.92 Å². The highest BCUT2D eigenvalue weighted by Gasteiger charge is 2.36. The number of hydrogen-bond acceptors (Lipinski definition) is 4. The molecule has 0 radical (unpaired) electrons. The molecule has 0 saturated carbocycles. The zero-order valence-corrected chi connectivity index (χ0v) is 13.8. The van der Waals surface area contributed by atoms with E-state index in [2.05, 4.69) is 10.6 Å². The van der Waals surface area contributed by atoms with E-state index in [0.29, 0.717) is 18.8 Å². The predicted octanol–water partition coefficient (Wildman–Crippen LogP) is 1.56. The highest BCUT2D eigenvalue weighted by molar-refractivity contribution is 6.00. The number of para-hydroxylation sites is 1. The van der Waals surface area contributed by atoms with E-state index in [4.69, 9.17) is 4.42 Å². The molecule has 3 rings (SSSR count). The molecule has 1 aliphatic heterocycles. The number of rotatable bonds is 4. The van der Waals surface area contributed by atoms with Crippen LogP contribution in [0.1, 0.15) is 22.5 Å². The Balaban J connectivity index is 1.73. The minimum atomic E-state index is -0.865. The maximum absolute atomic E-state index is 12.5. The Kier molecular flexibility index (Phi) is 4.83. The van der Waals surface area contributed by atoms with Crippen LogP contribution in [0.15, 0.2) is 47.1 Å². The topological polar surface area (TPSA) is 91.7 Å². The van der Waals surface area contributed by atoms with Gasteiger partial charge in [-0.25, -0.2) is 0 Å². The van der Waals surface area contributed by atoms with Gasteiger partial charge in [-0.2, -0.15) is 0 Å². The fourth-order valence-electron chi connectivity index (χ4n) is 2.79. The molecule has 25 heavy (non-hydrogen) atoms. The number of piperazine rings is 1. The van der Waals surface area contributed by atoms with Crippen molar-refractivity contribution in [3.05, 3.63) is 54.0 Å². The number of furan rings is 1. The number of nitrogens with one attached hydrogen (secondary N) is 2. The lowest BCUT2D eigenvalue weighted by atomic mass is 10.1. The van der Waals surface area contributed by atoms with Gasteiger partial charge in [0, 0.05) is 18.8 Å². The number of benzene rings is 1. The summed E-state index contributed by atoms with van der Waals surface area (Å²) in [5.41, 5.74) is 1.61. The Morgan fingerprint density at radius 1 is 1.28 bits per heavy atom. The maximum atomic E-state index is 12.5. The van der Waals surface area contributed by atoms with E-state index in [9.17, 15) is 14.4 Å². The van der Waals surface area contributed by atoms with Crippen LogP contribution in [0.4, 0.5) is 5.69 Å². The van der Waals surface area contributed by atoms with Crippen LogP contribution in [0.3, 0.4) is 0 Å². The minimum Gasteiger partial charge on any atom is -0.459 e. The zero-order chi connectivity index (χ0) is 17.8. The second-order valence-corrected chi connectivity index (χ2v) is 5.85. The van der Waals surface area contributed by atoms with Gasteiger partial charge in [-0.05, 0) is 30.7 Å². The quantitative estimate of drug-likeness (QED) is 0.883. The molecule has 1 aromatic carbocycles. The van der Waals surface area contributed by atoms with Gasteiger partial charge in [0.1, 0.15) is 6.04 Å². The van der Waals surface area contributed by atoms with Gasteiger partial charge in [0.2, 0.25) is 11.8 Å². The summed E-state index contributed by atoms with van der Waals surface area (Å²) in [6.07, 6.45) is 1.28. The van der Waals surface area contributed by atoms with Crippen molar-refractivity contribution in [1.82, 2.24) is 10.2 Å². The molecule has 0 spiro atoms. The molecule has 0 bridgehead atoms. The number of hydrogen-bond donors (Lipinski definition) is 2. The van der Waals surface area contributed by atoms with Gasteiger partial charge in [0.15, 0.2) is 5.76 Å². The van der Waals surface area contributed by atoms with Gasteiger partial charge < -0.3 is 20.0 Å². The number of amides is 3. The normalized spacial score (nSPS) is 17.1. The predicted molar refractivity (Wildman–Crippen MR) is 91.0 cm³/mol. The van der Waals surface area contributed by atoms with Gasteiger partial charge in [-0.1, -0.05) is 18.2 Å². The van der Waals surface area contributed by atoms with Gasteiger partial charge >= 0.3 is 0 Å². The van der Waals surface area contributed by atoms with E-state index in [1.54, 1.807) is 18.2 Å². The lowest BCUT2D eigenvalue weighted by Crippen LogP contribution is -2.58. The second-order valence-electron chi connectivity index (χ2n) is 5.85. The largest absolute Gasteiger partial charge is 0.459 e. The van der Waals surface area contributed by atoms with Crippen molar-refractivity contribution in [2.45, 2.75) is 19.4 Å². The summed E-state index contributed by atoms with van der Waals surface area (Å²) in [5, 5.41) is 5.49. The van der Waals surface area contributed by atoms with Gasteiger partial charge in [-0.3, -0.25) is 14.4 Å². The molecule has 1 fully saturated rings. The summed E-state index contributed by atoms with van der Waals surface area (Å²) in [6, 6.07) is 9.66. The zero-order valence-electron chi connectivity index (χ0n) is 13.8. The fourth-order valence-corrected chi connectivity index (χ4v) is 2.79. The molecule has 3 amide bonds. The van der Waals surface area contributed by atoms with E-state index < -0.39 is 11.9 Å². The molecule has 7 heteroatoms. The highest BCUT2D eigenvalue weighted by atomic mass is 16.3. The van der Waals surface area contributed by atoms with Crippen molar-refractivity contribution >= 4 is 23.4 Å². The lowest BCUT2D eigenvalue weighted by Gasteiger charge is -2.34. The average molecular weight is 341 g/mol. The molecule has 1 saturated heterocycles. The van der Waals surface area contributed by atoms with E-state index in [1.807, 2.05) is 25.1 Å². The van der Waals surface area contributed by atoms with Crippen molar-refractivity contribution in [3.8, 4) is 0 Å². The highest BCUT2D eigenvalue weighted by Crippen LogP contribution is 2.17. The summed E-state index contributed by atoms with van der Waals surface area (Å²) >= 11 is 0. The summed E-state index contributed by atoms with van der Waals surface area (Å²) < 4.78 is 5.12. The SMILES string of the molecule is Cc1ccccc1NC(=O)C[C@H]1C(=O)NCCN1C(=O)c1ccco1. The first-order chi connectivity index (χ1) is 12.1. The lowest BCUT2D eigenvalue weighted by molar-refractivity contribution is -0.131. The molecule has 7 nitrogen and oxygen atoms in total. The third-order valence-corrected chi connectivity index (χ3v) is 4.12. The number of aryl methyl sites for hydroxylation is 1. The molecule has 2 aromatic rings. The monoisotopic (exact) mass is 341 g/mol. The third-order valence-electron chi connectivity index (χ3n) is 4.12. The Hall–Kier alpha value is -3.09. The van der Waals surface area contributed by atoms with Crippen LogP contribution >= 0.6 is 0 Å². The van der Waals surface area contributed by atoms with E-state index >= 15 is 0 Å². The smallest absolute Gasteiger partial charge is 0.290 e. The molecule has 0 aliphatic carbocycles. The van der Waals surface area contributed by atoms with Crippen molar-refractivity contribution in [3.63, 3.8) is 0 Å². The average Bonchev–Trinajstić information content (AvgIpc) is 3.13. The molecular weight excluding hydrogens is 322 g/mol. The molecule has 1 atom stereocenters. The van der Waals surface area contributed by atoms with Crippen molar-refractivity contribution in [2.24, 2.45) is 0 Å². The fraction of sp³-hybridized carbons (Fsp3) is 0.278. The Morgan fingerprint density at radius 2 is 2.08 bits per heavy atom. The van der Waals surface area contributed by atoms with Gasteiger partial charge in [0.05, 0.1) is 12.7 Å². The molecule has 1 aliphatic rings. The number of carbonyl (C=O) groups is 3. The molecule has 1 aromatic heterocycles. The second kappa shape index (κ2) is 7.21. The van der Waals surface area contributed by atoms with Crippen molar-refractivity contribution in [2.75, 3.05) is 18.4 Å². The first-order valence-corrected chi connectivity index (χ1v) is 8.04. The number of carbonyl (C=O) groups excluding carboxylic acids is 3. The first kappa shape index (κ1) is 16.8. The Bertz CT molecular complexity index is 785. The van der Waals surface area contributed by atoms with Gasteiger partial charge in [0.25, 0.3) is 5.91 Å². The van der Waals surface area contributed by atoms with Crippen LogP contribution in [0.5, 0.6) is 0 Å². The maximum Gasteiger partial charge on any atom is 0.290 e. The molecule has 0 unspecified atom stereocenters. The number of anilines is 1. The van der Waals surface area contributed by atoms with Crippen LogP contribution in [0.25, 0.3) is 0 Å². The summed E-state index contributed by atoms with van der Waals surface area (Å²) in [7, 11) is 0. The van der Waals surface area contributed by atoms with Crippen LogP contribution in [-0.2, 0) is 9.59 Å². The summed E-state index contributed by atoms with van der Waals surface area (Å²) in [6.45, 7) is 2.56. The third kappa shape index (κ3) is 3.71. The molecule has 2 heterocycles. The van der Waals surface area contributed by atoms with Crippen molar-refractivity contribution < 1.29 is 18.8 Å². The molecule has 2 N–H and O–H groups in total. The Morgan fingerprint density at radius 3 is 2.80 bits per heavy atom. The van der Waals surface area contributed by atoms with E-state index in [0.717, 1.165) is 5.56 Å². The standard InChI is InChI=1S/C18H19N3O4/c1-12-5-2-3-6-13(12)20-16(22)11-14-17(23)19-8-9-21(14)18(24)15-7-4-10-25-15/h2-7,10,14H,8-9,11H2,1H3,(H,19,23)(H,20,22)/t14-/m0/s1. The number of nitrogens with zero attached hydrogens (tertiary/aromatic N) is 1. The van der Waals surface area contributed by atoms with E-state index in [1.165, 1.54) is 11.2 Å². The van der Waals surface area contributed by atoms with Crippen LogP contribution in [0.2, 0.25) is 0 Å². The van der Waals surface area contributed by atoms with Crippen molar-refractivity contribution in [1.29, 1.82) is 0 Å².